The number of hydrogen-bond acceptors (Lipinski definition) is 5. The van der Waals surface area contributed by atoms with Gasteiger partial charge >= 0.3 is 0 Å². The highest BCUT2D eigenvalue weighted by molar-refractivity contribution is 5.95. The molecule has 1 atom stereocenters. The summed E-state index contributed by atoms with van der Waals surface area (Å²) >= 11 is 0. The van der Waals surface area contributed by atoms with Crippen LogP contribution in [0.15, 0.2) is 48.8 Å². The average Bonchev–Trinajstić information content (AvgIpc) is 2.67. The number of piperazine rings is 1. The van der Waals surface area contributed by atoms with Crippen LogP contribution in [-0.2, 0) is 0 Å². The maximum Gasteiger partial charge on any atom is 0.254 e. The van der Waals surface area contributed by atoms with Crippen LogP contribution < -0.4 is 14.8 Å². The molecule has 0 radical (unpaired) electrons. The standard InChI is InChI=1S/C18H21N3O3.2ClH/c1-23-16-5-2-4-14(10-16)18(22)21-9-8-20-11-15(21)13-24-17-6-3-7-19-12-17;;/h2-7,10,12,15,20H,8-9,11,13H2,1H3;2*1H. The maximum absolute atomic E-state index is 12.9. The van der Waals surface area contributed by atoms with Gasteiger partial charge in [-0.1, -0.05) is 6.07 Å². The highest BCUT2D eigenvalue weighted by atomic mass is 35.5. The number of halogens is 2. The molecule has 2 aromatic rings. The van der Waals surface area contributed by atoms with Crippen LogP contribution in [0.4, 0.5) is 0 Å². The van der Waals surface area contributed by atoms with E-state index in [1.807, 2.05) is 35.2 Å². The molecule has 2 heterocycles. The smallest absolute Gasteiger partial charge is 0.254 e. The summed E-state index contributed by atoms with van der Waals surface area (Å²) in [5.41, 5.74) is 0.627. The van der Waals surface area contributed by atoms with Crippen molar-refractivity contribution in [3.63, 3.8) is 0 Å². The van der Waals surface area contributed by atoms with Crippen molar-refractivity contribution in [1.29, 1.82) is 0 Å². The van der Waals surface area contributed by atoms with Crippen molar-refractivity contribution < 1.29 is 14.3 Å². The number of nitrogens with zero attached hydrogens (tertiary/aromatic N) is 2. The molecule has 1 amide bonds. The van der Waals surface area contributed by atoms with Gasteiger partial charge < -0.3 is 19.7 Å². The van der Waals surface area contributed by atoms with Gasteiger partial charge in [0.2, 0.25) is 0 Å². The Balaban J connectivity index is 0.00000169. The lowest BCUT2D eigenvalue weighted by molar-refractivity contribution is 0.0559. The molecule has 8 heteroatoms. The minimum atomic E-state index is -0.0299. The Morgan fingerprint density at radius 1 is 1.27 bits per heavy atom. The molecule has 1 fully saturated rings. The molecule has 1 saturated heterocycles. The molecule has 1 unspecified atom stereocenters. The van der Waals surface area contributed by atoms with Crippen molar-refractivity contribution in [3.05, 3.63) is 54.4 Å². The molecule has 0 aliphatic carbocycles. The summed E-state index contributed by atoms with van der Waals surface area (Å²) in [6.07, 6.45) is 3.37. The number of ether oxygens (including phenoxy) is 2. The molecular formula is C18H23Cl2N3O3. The van der Waals surface area contributed by atoms with Gasteiger partial charge in [-0.15, -0.1) is 24.8 Å². The predicted octanol–water partition coefficient (Wildman–Crippen LogP) is 2.43. The van der Waals surface area contributed by atoms with Crippen molar-refractivity contribution >= 4 is 30.7 Å². The minimum absolute atomic E-state index is 0. The van der Waals surface area contributed by atoms with E-state index in [4.69, 9.17) is 9.47 Å². The molecule has 1 aliphatic rings. The summed E-state index contributed by atoms with van der Waals surface area (Å²) < 4.78 is 11.0. The Hall–Kier alpha value is -2.02. The van der Waals surface area contributed by atoms with E-state index in [0.29, 0.717) is 36.8 Å². The highest BCUT2D eigenvalue weighted by Gasteiger charge is 2.28. The number of nitrogens with one attached hydrogen (secondary N) is 1. The zero-order chi connectivity index (χ0) is 16.8. The second-order valence-corrected chi connectivity index (χ2v) is 5.59. The van der Waals surface area contributed by atoms with E-state index in [1.165, 1.54) is 0 Å². The maximum atomic E-state index is 12.9. The van der Waals surface area contributed by atoms with Crippen LogP contribution in [0, 0.1) is 0 Å². The number of rotatable bonds is 5. The fraction of sp³-hybridized carbons (Fsp3) is 0.333. The number of pyridine rings is 1. The number of carbonyl (C=O) groups excluding carboxylic acids is 1. The molecule has 6 nitrogen and oxygen atoms in total. The van der Waals surface area contributed by atoms with Crippen LogP contribution in [0.1, 0.15) is 10.4 Å². The van der Waals surface area contributed by atoms with E-state index in [9.17, 15) is 4.79 Å². The van der Waals surface area contributed by atoms with Gasteiger partial charge in [-0.25, -0.2) is 0 Å². The quantitative estimate of drug-likeness (QED) is 0.836. The van der Waals surface area contributed by atoms with Crippen LogP contribution >= 0.6 is 24.8 Å². The normalized spacial score (nSPS) is 16.0. The van der Waals surface area contributed by atoms with E-state index >= 15 is 0 Å². The first-order valence-corrected chi connectivity index (χ1v) is 7.96. The SMILES string of the molecule is COc1cccc(C(=O)N2CCNCC2COc2cccnc2)c1.Cl.Cl. The van der Waals surface area contributed by atoms with Crippen molar-refractivity contribution in [2.75, 3.05) is 33.4 Å². The Kier molecular flexibility index (Phi) is 9.19. The topological polar surface area (TPSA) is 63.7 Å². The molecule has 142 valence electrons. The molecule has 1 aromatic carbocycles. The number of methoxy groups -OCH3 is 1. The third-order valence-corrected chi connectivity index (χ3v) is 4.00. The van der Waals surface area contributed by atoms with E-state index in [0.717, 1.165) is 6.54 Å². The van der Waals surface area contributed by atoms with Crippen molar-refractivity contribution in [2.24, 2.45) is 0 Å². The Labute approximate surface area is 165 Å². The molecule has 1 aliphatic heterocycles. The summed E-state index contributed by atoms with van der Waals surface area (Å²) in [4.78, 5) is 18.8. The van der Waals surface area contributed by atoms with Crippen LogP contribution in [0.25, 0.3) is 0 Å². The monoisotopic (exact) mass is 399 g/mol. The predicted molar refractivity (Wildman–Crippen MR) is 105 cm³/mol. The zero-order valence-electron chi connectivity index (χ0n) is 14.5. The average molecular weight is 400 g/mol. The Bertz CT molecular complexity index is 688. The van der Waals surface area contributed by atoms with E-state index in [-0.39, 0.29) is 36.8 Å². The molecule has 0 spiro atoms. The lowest BCUT2D eigenvalue weighted by atomic mass is 10.1. The molecular weight excluding hydrogens is 377 g/mol. The first kappa shape index (κ1) is 22.0. The second kappa shape index (κ2) is 10.9. The Morgan fingerprint density at radius 2 is 2.08 bits per heavy atom. The zero-order valence-corrected chi connectivity index (χ0v) is 16.1. The fourth-order valence-electron chi connectivity index (χ4n) is 2.72. The third-order valence-electron chi connectivity index (χ3n) is 4.00. The van der Waals surface area contributed by atoms with Gasteiger partial charge in [0.05, 0.1) is 19.3 Å². The van der Waals surface area contributed by atoms with Crippen LogP contribution in [0.3, 0.4) is 0 Å². The molecule has 0 saturated carbocycles. The number of carbonyl (C=O) groups is 1. The first-order chi connectivity index (χ1) is 11.8. The largest absolute Gasteiger partial charge is 0.497 e. The van der Waals surface area contributed by atoms with Crippen LogP contribution in [0.2, 0.25) is 0 Å². The summed E-state index contributed by atoms with van der Waals surface area (Å²) in [6, 6.07) is 10.9. The molecule has 3 rings (SSSR count). The lowest BCUT2D eigenvalue weighted by Gasteiger charge is -2.36. The first-order valence-electron chi connectivity index (χ1n) is 7.96. The van der Waals surface area contributed by atoms with Crippen molar-refractivity contribution in [3.8, 4) is 11.5 Å². The Morgan fingerprint density at radius 3 is 2.81 bits per heavy atom. The van der Waals surface area contributed by atoms with Gasteiger partial charge in [0.25, 0.3) is 5.91 Å². The van der Waals surface area contributed by atoms with E-state index < -0.39 is 0 Å². The van der Waals surface area contributed by atoms with E-state index in [2.05, 4.69) is 10.3 Å². The summed E-state index contributed by atoms with van der Waals surface area (Å²) in [6.45, 7) is 2.56. The number of benzene rings is 1. The summed E-state index contributed by atoms with van der Waals surface area (Å²) in [7, 11) is 1.60. The van der Waals surface area contributed by atoms with Gasteiger partial charge in [-0.3, -0.25) is 9.78 Å². The minimum Gasteiger partial charge on any atom is -0.497 e. The van der Waals surface area contributed by atoms with Crippen LogP contribution in [-0.4, -0.2) is 55.2 Å². The lowest BCUT2D eigenvalue weighted by Crippen LogP contribution is -2.55. The number of hydrogen-bond donors (Lipinski definition) is 1. The third kappa shape index (κ3) is 5.49. The second-order valence-electron chi connectivity index (χ2n) is 5.59. The highest BCUT2D eigenvalue weighted by Crippen LogP contribution is 2.17. The molecule has 26 heavy (non-hydrogen) atoms. The van der Waals surface area contributed by atoms with Crippen molar-refractivity contribution in [2.45, 2.75) is 6.04 Å². The number of amides is 1. The fourth-order valence-corrected chi connectivity index (χ4v) is 2.72. The van der Waals surface area contributed by atoms with Gasteiger partial charge in [-0.05, 0) is 30.3 Å². The van der Waals surface area contributed by atoms with Crippen molar-refractivity contribution in [1.82, 2.24) is 15.2 Å². The summed E-state index contributed by atoms with van der Waals surface area (Å²) in [5, 5.41) is 3.32. The van der Waals surface area contributed by atoms with Crippen LogP contribution in [0.5, 0.6) is 11.5 Å². The van der Waals surface area contributed by atoms with Gasteiger partial charge in [-0.2, -0.15) is 0 Å². The molecule has 0 bridgehead atoms. The molecule has 1 N–H and O–H groups in total. The van der Waals surface area contributed by atoms with Gasteiger partial charge in [0.1, 0.15) is 18.1 Å². The molecule has 1 aromatic heterocycles. The summed E-state index contributed by atoms with van der Waals surface area (Å²) in [5.74, 6) is 1.38. The van der Waals surface area contributed by atoms with Gasteiger partial charge in [0, 0.05) is 31.4 Å². The number of aromatic nitrogens is 1. The van der Waals surface area contributed by atoms with E-state index in [1.54, 1.807) is 25.6 Å². The van der Waals surface area contributed by atoms with Gasteiger partial charge in [0.15, 0.2) is 0 Å².